The molecule has 2 aromatic heterocycles. The minimum absolute atomic E-state index is 0.165. The minimum Gasteiger partial charge on any atom is -0.404 e. The lowest BCUT2D eigenvalue weighted by atomic mass is 10.2. The number of rotatable bonds is 8. The SMILES string of the molecule is CCOP(=S)(OCC)Oc1nc(-c2cccs2)cc(SC)c1C#N. The monoisotopic (exact) mass is 400 g/mol. The largest absolute Gasteiger partial charge is 0.404 e. The molecule has 0 unspecified atom stereocenters. The summed E-state index contributed by atoms with van der Waals surface area (Å²) in [6.07, 6.45) is 1.90. The highest BCUT2D eigenvalue weighted by atomic mass is 32.5. The van der Waals surface area contributed by atoms with Crippen LogP contribution in [0.4, 0.5) is 0 Å². The zero-order valence-corrected chi connectivity index (χ0v) is 16.9. The highest BCUT2D eigenvalue weighted by Gasteiger charge is 2.26. The number of pyridine rings is 1. The molecule has 0 aliphatic heterocycles. The third kappa shape index (κ3) is 4.57. The van der Waals surface area contributed by atoms with Gasteiger partial charge in [-0.1, -0.05) is 6.07 Å². The van der Waals surface area contributed by atoms with Gasteiger partial charge in [0.25, 0.3) is 0 Å². The van der Waals surface area contributed by atoms with Gasteiger partial charge in [0.05, 0.1) is 23.8 Å². The Morgan fingerprint density at radius 3 is 2.58 bits per heavy atom. The van der Waals surface area contributed by atoms with Gasteiger partial charge < -0.3 is 4.52 Å². The molecule has 0 radical (unpaired) electrons. The smallest absolute Gasteiger partial charge is 0.381 e. The van der Waals surface area contributed by atoms with Crippen molar-refractivity contribution in [3.05, 3.63) is 29.1 Å². The lowest BCUT2D eigenvalue weighted by Gasteiger charge is -2.21. The van der Waals surface area contributed by atoms with E-state index < -0.39 is 6.72 Å². The molecule has 24 heavy (non-hydrogen) atoms. The lowest BCUT2D eigenvalue weighted by molar-refractivity contribution is 0.216. The molecule has 0 N–H and O–H groups in total. The Bertz CT molecular complexity index is 765. The molecule has 0 atom stereocenters. The van der Waals surface area contributed by atoms with Gasteiger partial charge in [-0.05, 0) is 37.6 Å². The van der Waals surface area contributed by atoms with Gasteiger partial charge in [0, 0.05) is 16.7 Å². The summed E-state index contributed by atoms with van der Waals surface area (Å²) in [5, 5.41) is 11.5. The van der Waals surface area contributed by atoms with E-state index in [1.54, 1.807) is 11.3 Å². The predicted octanol–water partition coefficient (Wildman–Crippen LogP) is 5.08. The third-order valence-electron chi connectivity index (χ3n) is 2.83. The van der Waals surface area contributed by atoms with Crippen molar-refractivity contribution >= 4 is 41.6 Å². The van der Waals surface area contributed by atoms with E-state index in [0.717, 1.165) is 15.5 Å². The summed E-state index contributed by atoms with van der Waals surface area (Å²) < 4.78 is 16.8. The molecule has 128 valence electrons. The van der Waals surface area contributed by atoms with Crippen molar-refractivity contribution in [1.29, 1.82) is 5.26 Å². The van der Waals surface area contributed by atoms with E-state index in [1.807, 2.05) is 43.7 Å². The molecule has 5 nitrogen and oxygen atoms in total. The summed E-state index contributed by atoms with van der Waals surface area (Å²) in [4.78, 5) is 6.26. The van der Waals surface area contributed by atoms with Gasteiger partial charge in [-0.15, -0.1) is 23.1 Å². The van der Waals surface area contributed by atoms with Crippen LogP contribution in [-0.4, -0.2) is 24.5 Å². The van der Waals surface area contributed by atoms with Crippen molar-refractivity contribution in [2.45, 2.75) is 18.7 Å². The van der Waals surface area contributed by atoms with Crippen LogP contribution in [0, 0.1) is 11.3 Å². The number of nitrogens with zero attached hydrogens (tertiary/aromatic N) is 2. The Morgan fingerprint density at radius 1 is 1.38 bits per heavy atom. The highest BCUT2D eigenvalue weighted by Crippen LogP contribution is 2.50. The summed E-state index contributed by atoms with van der Waals surface area (Å²) in [7, 11) is 0. The first-order valence-electron chi connectivity index (χ1n) is 7.18. The standard InChI is InChI=1S/C15H17N2O3PS3/c1-4-18-21(22,19-5-2)20-15-11(10-16)14(23-3)9-12(17-15)13-7-6-8-24-13/h6-9H,4-5H2,1-3H3. The molecule has 0 aliphatic rings. The number of nitriles is 1. The molecular weight excluding hydrogens is 383 g/mol. The third-order valence-corrected chi connectivity index (χ3v) is 6.88. The van der Waals surface area contributed by atoms with Crippen LogP contribution >= 0.6 is 29.8 Å². The Kier molecular flexibility index (Phi) is 7.23. The summed E-state index contributed by atoms with van der Waals surface area (Å²) in [5.41, 5.74) is 1.08. The summed E-state index contributed by atoms with van der Waals surface area (Å²) in [6, 6.07) is 7.95. The van der Waals surface area contributed by atoms with Gasteiger partial charge in [0.15, 0.2) is 0 Å². The zero-order chi connectivity index (χ0) is 17.6. The topological polar surface area (TPSA) is 64.4 Å². The van der Waals surface area contributed by atoms with E-state index in [0.29, 0.717) is 18.8 Å². The molecule has 0 saturated heterocycles. The second kappa shape index (κ2) is 8.95. The van der Waals surface area contributed by atoms with E-state index in [4.69, 9.17) is 25.4 Å². The fraction of sp³-hybridized carbons (Fsp3) is 0.333. The normalized spacial score (nSPS) is 11.2. The zero-order valence-electron chi connectivity index (χ0n) is 13.5. The van der Waals surface area contributed by atoms with Crippen molar-refractivity contribution in [3.8, 4) is 22.5 Å². The molecule has 2 aromatic rings. The first-order chi connectivity index (χ1) is 11.6. The maximum absolute atomic E-state index is 9.52. The Balaban J connectivity index is 2.52. The number of thioether (sulfide) groups is 1. The van der Waals surface area contributed by atoms with Gasteiger partial charge in [0.2, 0.25) is 5.88 Å². The van der Waals surface area contributed by atoms with Crippen molar-refractivity contribution in [3.63, 3.8) is 0 Å². The Hall–Kier alpha value is -0.940. The molecule has 0 aliphatic carbocycles. The van der Waals surface area contributed by atoms with Gasteiger partial charge in [-0.2, -0.15) is 5.26 Å². The van der Waals surface area contributed by atoms with Crippen LogP contribution < -0.4 is 4.52 Å². The van der Waals surface area contributed by atoms with Gasteiger partial charge in [0.1, 0.15) is 11.6 Å². The van der Waals surface area contributed by atoms with Crippen molar-refractivity contribution in [2.75, 3.05) is 19.5 Å². The van der Waals surface area contributed by atoms with Gasteiger partial charge in [-0.3, -0.25) is 9.05 Å². The number of aromatic nitrogens is 1. The van der Waals surface area contributed by atoms with Crippen molar-refractivity contribution in [2.24, 2.45) is 0 Å². The molecule has 2 rings (SSSR count). The van der Waals surface area contributed by atoms with Crippen LogP contribution in [-0.2, 0) is 20.9 Å². The fourth-order valence-electron chi connectivity index (χ4n) is 1.89. The van der Waals surface area contributed by atoms with Crippen molar-refractivity contribution in [1.82, 2.24) is 4.98 Å². The average Bonchev–Trinajstić information content (AvgIpc) is 3.08. The first kappa shape index (κ1) is 19.4. The fourth-order valence-corrected chi connectivity index (χ4v) is 5.15. The number of hydrogen-bond acceptors (Lipinski definition) is 8. The van der Waals surface area contributed by atoms with E-state index in [1.165, 1.54) is 11.8 Å². The summed E-state index contributed by atoms with van der Waals surface area (Å²) in [5.74, 6) is 0.165. The van der Waals surface area contributed by atoms with Crippen LogP contribution in [0.5, 0.6) is 5.88 Å². The van der Waals surface area contributed by atoms with E-state index >= 15 is 0 Å². The molecular formula is C15H17N2O3PS3. The summed E-state index contributed by atoms with van der Waals surface area (Å²) in [6.45, 7) is 1.36. The molecule has 0 bridgehead atoms. The maximum Gasteiger partial charge on any atom is 0.381 e. The lowest BCUT2D eigenvalue weighted by Crippen LogP contribution is -2.05. The summed E-state index contributed by atoms with van der Waals surface area (Å²) >= 11 is 8.43. The predicted molar refractivity (Wildman–Crippen MR) is 102 cm³/mol. The van der Waals surface area contributed by atoms with E-state index in [-0.39, 0.29) is 5.88 Å². The minimum atomic E-state index is -2.99. The number of thiophene rings is 1. The van der Waals surface area contributed by atoms with E-state index in [9.17, 15) is 5.26 Å². The van der Waals surface area contributed by atoms with Gasteiger partial charge >= 0.3 is 6.72 Å². The Morgan fingerprint density at radius 2 is 2.08 bits per heavy atom. The van der Waals surface area contributed by atoms with Crippen molar-refractivity contribution < 1.29 is 13.6 Å². The first-order valence-corrected chi connectivity index (χ1v) is 11.8. The number of hydrogen-bond donors (Lipinski definition) is 0. The van der Waals surface area contributed by atoms with Crippen LogP contribution in [0.2, 0.25) is 0 Å². The second-order valence-electron chi connectivity index (χ2n) is 4.35. The second-order valence-corrected chi connectivity index (χ2v) is 9.08. The average molecular weight is 400 g/mol. The molecule has 0 amide bonds. The maximum atomic E-state index is 9.52. The van der Waals surface area contributed by atoms with E-state index in [2.05, 4.69) is 11.1 Å². The Labute approximate surface area is 155 Å². The van der Waals surface area contributed by atoms with Crippen LogP contribution in [0.3, 0.4) is 0 Å². The quantitative estimate of drug-likeness (QED) is 0.452. The van der Waals surface area contributed by atoms with Gasteiger partial charge in [-0.25, -0.2) is 4.98 Å². The molecule has 2 heterocycles. The van der Waals surface area contributed by atoms with Crippen LogP contribution in [0.15, 0.2) is 28.5 Å². The highest BCUT2D eigenvalue weighted by molar-refractivity contribution is 8.07. The molecule has 0 fully saturated rings. The molecule has 0 saturated carbocycles. The van der Waals surface area contributed by atoms with Crippen LogP contribution in [0.1, 0.15) is 19.4 Å². The molecule has 9 heteroatoms. The molecule has 0 aromatic carbocycles. The molecule has 0 spiro atoms. The van der Waals surface area contributed by atoms with Crippen LogP contribution in [0.25, 0.3) is 10.6 Å².